The lowest BCUT2D eigenvalue weighted by atomic mass is 9.50. The fraction of sp³-hybridized carbons (Fsp3) is 1.00. The van der Waals surface area contributed by atoms with E-state index in [1.807, 2.05) is 0 Å². The smallest absolute Gasteiger partial charge is 0.0661 e. The highest BCUT2D eigenvalue weighted by molar-refractivity contribution is 5.12. The number of nitrogens with one attached hydrogen (secondary N) is 1. The number of hydrogen-bond donors (Lipinski definition) is 1. The van der Waals surface area contributed by atoms with E-state index in [0.717, 1.165) is 18.6 Å². The predicted molar refractivity (Wildman–Crippen MR) is 79.3 cm³/mol. The van der Waals surface area contributed by atoms with Crippen LogP contribution in [-0.4, -0.2) is 24.8 Å². The van der Waals surface area contributed by atoms with Gasteiger partial charge in [-0.3, -0.25) is 0 Å². The largest absolute Gasteiger partial charge is 0.378 e. The lowest BCUT2D eigenvalue weighted by molar-refractivity contribution is -0.175. The topological polar surface area (TPSA) is 21.3 Å². The lowest BCUT2D eigenvalue weighted by Gasteiger charge is -2.62. The van der Waals surface area contributed by atoms with Crippen molar-refractivity contribution in [2.75, 3.05) is 6.61 Å². The number of rotatable bonds is 5. The minimum atomic E-state index is 0.527. The molecule has 0 amide bonds. The van der Waals surface area contributed by atoms with Crippen LogP contribution in [0.15, 0.2) is 0 Å². The molecule has 3 aliphatic carbocycles. The Bertz CT molecular complexity index is 294. The molecular weight excluding hydrogens is 234 g/mol. The molecule has 0 bridgehead atoms. The first-order valence-electron chi connectivity index (χ1n) is 8.64. The van der Waals surface area contributed by atoms with Gasteiger partial charge in [0.15, 0.2) is 0 Å². The van der Waals surface area contributed by atoms with Gasteiger partial charge < -0.3 is 10.1 Å². The fourth-order valence-electron chi connectivity index (χ4n) is 4.76. The van der Waals surface area contributed by atoms with Crippen LogP contribution in [0.3, 0.4) is 0 Å². The zero-order valence-electron chi connectivity index (χ0n) is 12.8. The molecule has 2 heteroatoms. The van der Waals surface area contributed by atoms with E-state index in [4.69, 9.17) is 4.74 Å². The summed E-state index contributed by atoms with van der Waals surface area (Å²) in [4.78, 5) is 0. The van der Waals surface area contributed by atoms with Crippen LogP contribution in [-0.2, 0) is 4.74 Å². The molecule has 0 aliphatic heterocycles. The highest BCUT2D eigenvalue weighted by Crippen LogP contribution is 2.57. The quantitative estimate of drug-likeness (QED) is 0.814. The van der Waals surface area contributed by atoms with Crippen molar-refractivity contribution >= 4 is 0 Å². The normalized spacial score (nSPS) is 35.7. The summed E-state index contributed by atoms with van der Waals surface area (Å²) >= 11 is 0. The van der Waals surface area contributed by atoms with Crippen molar-refractivity contribution in [3.63, 3.8) is 0 Å². The van der Waals surface area contributed by atoms with Crippen LogP contribution >= 0.6 is 0 Å². The Morgan fingerprint density at radius 3 is 2.47 bits per heavy atom. The van der Waals surface area contributed by atoms with Gasteiger partial charge in [-0.05, 0) is 51.9 Å². The van der Waals surface area contributed by atoms with Crippen LogP contribution in [0.1, 0.15) is 71.6 Å². The zero-order valence-corrected chi connectivity index (χ0v) is 12.8. The third-order valence-corrected chi connectivity index (χ3v) is 6.26. The summed E-state index contributed by atoms with van der Waals surface area (Å²) in [5.41, 5.74) is 0.527. The maximum absolute atomic E-state index is 5.95. The number of hydrogen-bond acceptors (Lipinski definition) is 2. The fourth-order valence-corrected chi connectivity index (χ4v) is 4.76. The molecule has 3 fully saturated rings. The molecule has 2 unspecified atom stereocenters. The van der Waals surface area contributed by atoms with Crippen LogP contribution in [0.5, 0.6) is 0 Å². The molecule has 3 saturated carbocycles. The molecule has 2 nitrogen and oxygen atoms in total. The van der Waals surface area contributed by atoms with Crippen LogP contribution in [0, 0.1) is 11.3 Å². The molecule has 3 aliphatic rings. The third-order valence-electron chi connectivity index (χ3n) is 6.26. The summed E-state index contributed by atoms with van der Waals surface area (Å²) < 4.78 is 5.95. The standard InChI is InChI=1S/C17H31NO/c1-3-19-16-12-15(17(16)10-7-11-17)18-13(2)14-8-5-4-6-9-14/h13-16,18H,3-12H2,1-2H3/t13-,15?,16?/m0/s1. The Balaban J connectivity index is 1.52. The molecule has 0 aromatic heterocycles. The van der Waals surface area contributed by atoms with Gasteiger partial charge in [0.1, 0.15) is 0 Å². The van der Waals surface area contributed by atoms with Gasteiger partial charge in [-0.2, -0.15) is 0 Å². The number of ether oxygens (including phenoxy) is 1. The van der Waals surface area contributed by atoms with Crippen molar-refractivity contribution in [1.29, 1.82) is 0 Å². The summed E-state index contributed by atoms with van der Waals surface area (Å²) in [6.07, 6.45) is 13.3. The van der Waals surface area contributed by atoms with Crippen LogP contribution in [0.2, 0.25) is 0 Å². The predicted octanol–water partition coefficient (Wildman–Crippen LogP) is 3.89. The maximum atomic E-state index is 5.95. The molecule has 0 aromatic carbocycles. The van der Waals surface area contributed by atoms with Gasteiger partial charge in [0.2, 0.25) is 0 Å². The van der Waals surface area contributed by atoms with Crippen molar-refractivity contribution in [3.8, 4) is 0 Å². The average molecular weight is 265 g/mol. The van der Waals surface area contributed by atoms with Gasteiger partial charge in [-0.1, -0.05) is 25.7 Å². The Morgan fingerprint density at radius 1 is 1.16 bits per heavy atom. The van der Waals surface area contributed by atoms with Gasteiger partial charge in [-0.25, -0.2) is 0 Å². The zero-order chi connectivity index (χ0) is 13.3. The van der Waals surface area contributed by atoms with E-state index in [9.17, 15) is 0 Å². The molecule has 0 aromatic rings. The third kappa shape index (κ3) is 2.47. The summed E-state index contributed by atoms with van der Waals surface area (Å²) in [6.45, 7) is 5.45. The highest BCUT2D eigenvalue weighted by Gasteiger charge is 2.58. The van der Waals surface area contributed by atoms with Gasteiger partial charge in [0, 0.05) is 24.1 Å². The summed E-state index contributed by atoms with van der Waals surface area (Å²) in [7, 11) is 0. The van der Waals surface area contributed by atoms with E-state index in [-0.39, 0.29) is 0 Å². The van der Waals surface area contributed by atoms with Crippen molar-refractivity contribution in [3.05, 3.63) is 0 Å². The van der Waals surface area contributed by atoms with E-state index in [2.05, 4.69) is 19.2 Å². The van der Waals surface area contributed by atoms with Crippen molar-refractivity contribution in [1.82, 2.24) is 5.32 Å². The first kappa shape index (κ1) is 13.9. The molecule has 3 atom stereocenters. The van der Waals surface area contributed by atoms with E-state index in [1.54, 1.807) is 0 Å². The van der Waals surface area contributed by atoms with Gasteiger partial charge in [0.25, 0.3) is 0 Å². The van der Waals surface area contributed by atoms with Crippen molar-refractivity contribution in [2.45, 2.75) is 89.8 Å². The molecule has 0 saturated heterocycles. The second kappa shape index (κ2) is 5.73. The second-order valence-electron chi connectivity index (χ2n) is 7.17. The Kier molecular flexibility index (Phi) is 4.19. The molecule has 3 rings (SSSR count). The van der Waals surface area contributed by atoms with E-state index >= 15 is 0 Å². The molecule has 0 radical (unpaired) electrons. The minimum Gasteiger partial charge on any atom is -0.378 e. The Hall–Kier alpha value is -0.0800. The average Bonchev–Trinajstić information content (AvgIpc) is 2.36. The molecule has 0 heterocycles. The minimum absolute atomic E-state index is 0.527. The van der Waals surface area contributed by atoms with E-state index in [0.29, 0.717) is 17.6 Å². The van der Waals surface area contributed by atoms with Gasteiger partial charge in [0.05, 0.1) is 6.10 Å². The Labute approximate surface area is 118 Å². The summed E-state index contributed by atoms with van der Waals surface area (Å²) in [6, 6.07) is 1.46. The van der Waals surface area contributed by atoms with E-state index in [1.165, 1.54) is 57.8 Å². The molecular formula is C17H31NO. The van der Waals surface area contributed by atoms with Crippen LogP contribution < -0.4 is 5.32 Å². The highest BCUT2D eigenvalue weighted by atomic mass is 16.5. The molecule has 110 valence electrons. The summed E-state index contributed by atoms with van der Waals surface area (Å²) in [5, 5.41) is 3.99. The van der Waals surface area contributed by atoms with Gasteiger partial charge in [-0.15, -0.1) is 0 Å². The maximum Gasteiger partial charge on any atom is 0.0661 e. The monoisotopic (exact) mass is 265 g/mol. The lowest BCUT2D eigenvalue weighted by Crippen LogP contribution is -2.68. The molecule has 1 spiro atoms. The summed E-state index contributed by atoms with van der Waals surface area (Å²) in [5.74, 6) is 0.928. The molecule has 19 heavy (non-hydrogen) atoms. The Morgan fingerprint density at radius 2 is 1.89 bits per heavy atom. The van der Waals surface area contributed by atoms with E-state index < -0.39 is 0 Å². The van der Waals surface area contributed by atoms with Crippen LogP contribution in [0.25, 0.3) is 0 Å². The SMILES string of the molecule is CCOC1CC(N[C@@H](C)C2CCCCC2)C12CCC2. The van der Waals surface area contributed by atoms with Crippen molar-refractivity contribution in [2.24, 2.45) is 11.3 Å². The second-order valence-corrected chi connectivity index (χ2v) is 7.17. The first-order valence-corrected chi connectivity index (χ1v) is 8.64. The first-order chi connectivity index (χ1) is 9.26. The van der Waals surface area contributed by atoms with Gasteiger partial charge >= 0.3 is 0 Å². The molecule has 1 N–H and O–H groups in total. The van der Waals surface area contributed by atoms with Crippen molar-refractivity contribution < 1.29 is 4.74 Å². The van der Waals surface area contributed by atoms with Crippen LogP contribution in [0.4, 0.5) is 0 Å².